The number of nitrogens with zero attached hydrogens (tertiary/aromatic N) is 3. The highest BCUT2D eigenvalue weighted by molar-refractivity contribution is 9.10. The minimum atomic E-state index is -0.0488. The molecule has 0 saturated heterocycles. The molecule has 0 aliphatic heterocycles. The number of benzene rings is 1. The van der Waals surface area contributed by atoms with Gasteiger partial charge in [0, 0.05) is 17.1 Å². The van der Waals surface area contributed by atoms with E-state index in [4.69, 9.17) is 11.6 Å². The zero-order valence-corrected chi connectivity index (χ0v) is 14.6. The lowest BCUT2D eigenvalue weighted by Crippen LogP contribution is -2.22. The summed E-state index contributed by atoms with van der Waals surface area (Å²) in [4.78, 5) is 14.8. The van der Waals surface area contributed by atoms with Crippen molar-refractivity contribution in [1.82, 2.24) is 14.7 Å². The Morgan fingerprint density at radius 1 is 1.43 bits per heavy atom. The molecular formula is C15H17BrClN3O. The average Bonchev–Trinajstić information content (AvgIpc) is 2.77. The van der Waals surface area contributed by atoms with Crippen molar-refractivity contribution in [2.75, 3.05) is 20.6 Å². The quantitative estimate of drug-likeness (QED) is 0.757. The molecule has 0 aliphatic rings. The molecule has 2 aromatic rings. The van der Waals surface area contributed by atoms with Crippen molar-refractivity contribution in [3.05, 3.63) is 50.7 Å². The van der Waals surface area contributed by atoms with Gasteiger partial charge in [-0.25, -0.2) is 0 Å². The summed E-state index contributed by atoms with van der Waals surface area (Å²) < 4.78 is 2.45. The molecule has 21 heavy (non-hydrogen) atoms. The van der Waals surface area contributed by atoms with Crippen LogP contribution in [0.3, 0.4) is 0 Å². The van der Waals surface area contributed by atoms with E-state index in [1.165, 1.54) is 0 Å². The molecule has 0 N–H and O–H groups in total. The maximum atomic E-state index is 12.8. The summed E-state index contributed by atoms with van der Waals surface area (Å²) in [5.74, 6) is -0.0488. The molecule has 0 radical (unpaired) electrons. The van der Waals surface area contributed by atoms with Crippen molar-refractivity contribution < 1.29 is 4.79 Å². The fourth-order valence-electron chi connectivity index (χ4n) is 2.06. The Hall–Kier alpha value is -1.17. The first-order valence-corrected chi connectivity index (χ1v) is 7.74. The van der Waals surface area contributed by atoms with Crippen molar-refractivity contribution >= 4 is 33.3 Å². The van der Waals surface area contributed by atoms with Gasteiger partial charge in [0.1, 0.15) is 5.69 Å². The third kappa shape index (κ3) is 3.73. The summed E-state index contributed by atoms with van der Waals surface area (Å²) >= 11 is 9.37. The molecule has 0 spiro atoms. The Bertz CT molecular complexity index is 667. The van der Waals surface area contributed by atoms with Crippen LogP contribution in [-0.2, 0) is 6.54 Å². The van der Waals surface area contributed by atoms with Gasteiger partial charge in [-0.1, -0.05) is 11.6 Å². The number of carbonyl (C=O) groups excluding carboxylic acids is 1. The highest BCUT2D eigenvalue weighted by atomic mass is 79.9. The molecule has 6 heteroatoms. The molecule has 0 amide bonds. The van der Waals surface area contributed by atoms with Crippen molar-refractivity contribution in [1.29, 1.82) is 0 Å². The van der Waals surface area contributed by atoms with Crippen LogP contribution in [0.1, 0.15) is 21.6 Å². The van der Waals surface area contributed by atoms with Gasteiger partial charge in [0.25, 0.3) is 0 Å². The zero-order chi connectivity index (χ0) is 15.6. The van der Waals surface area contributed by atoms with E-state index in [1.807, 2.05) is 21.0 Å². The van der Waals surface area contributed by atoms with Crippen LogP contribution in [0.4, 0.5) is 0 Å². The number of hydrogen-bond donors (Lipinski definition) is 0. The van der Waals surface area contributed by atoms with Crippen LogP contribution < -0.4 is 0 Å². The zero-order valence-electron chi connectivity index (χ0n) is 12.2. The largest absolute Gasteiger partial charge is 0.308 e. The number of halogens is 2. The van der Waals surface area contributed by atoms with Crippen LogP contribution in [0.2, 0.25) is 5.02 Å². The third-order valence-corrected chi connectivity index (χ3v) is 4.02. The first-order valence-electron chi connectivity index (χ1n) is 6.57. The van der Waals surface area contributed by atoms with E-state index in [9.17, 15) is 4.79 Å². The molecule has 0 fully saturated rings. The normalized spacial score (nSPS) is 11.1. The van der Waals surface area contributed by atoms with E-state index < -0.39 is 0 Å². The number of aryl methyl sites for hydroxylation is 1. The first-order chi connectivity index (χ1) is 9.90. The second-order valence-electron chi connectivity index (χ2n) is 5.16. The topological polar surface area (TPSA) is 38.1 Å². The van der Waals surface area contributed by atoms with Crippen LogP contribution >= 0.6 is 27.5 Å². The first kappa shape index (κ1) is 16.2. The van der Waals surface area contributed by atoms with Gasteiger partial charge in [-0.05, 0) is 60.7 Å². The van der Waals surface area contributed by atoms with Gasteiger partial charge in [-0.15, -0.1) is 0 Å². The molecule has 4 nitrogen and oxygen atoms in total. The monoisotopic (exact) mass is 369 g/mol. The molecule has 0 atom stereocenters. The number of ketones is 1. The molecule has 1 aromatic heterocycles. The van der Waals surface area contributed by atoms with Gasteiger partial charge in [0.15, 0.2) is 0 Å². The summed E-state index contributed by atoms with van der Waals surface area (Å²) in [7, 11) is 3.98. The fourth-order valence-corrected chi connectivity index (χ4v) is 2.76. The van der Waals surface area contributed by atoms with Crippen molar-refractivity contribution in [2.45, 2.75) is 13.5 Å². The van der Waals surface area contributed by atoms with Crippen LogP contribution in [0, 0.1) is 6.92 Å². The second kappa shape index (κ2) is 6.73. The molecular weight excluding hydrogens is 354 g/mol. The third-order valence-electron chi connectivity index (χ3n) is 3.20. The Balaban J connectivity index is 2.36. The van der Waals surface area contributed by atoms with Crippen LogP contribution in [0.25, 0.3) is 0 Å². The van der Waals surface area contributed by atoms with E-state index >= 15 is 0 Å². The van der Waals surface area contributed by atoms with Gasteiger partial charge >= 0.3 is 0 Å². The molecule has 1 aromatic carbocycles. The number of likely N-dealkylation sites (N-methyl/N-ethyl adjacent to an activating group) is 1. The standard InChI is InChI=1S/C15H17BrClN3O/c1-10-8-11(17)4-5-12(10)15(21)14-13(16)9-18-20(14)7-6-19(2)3/h4-5,8-9H,6-7H2,1-3H3. The molecule has 2 rings (SSSR count). The average molecular weight is 371 g/mol. The summed E-state index contributed by atoms with van der Waals surface area (Å²) in [5, 5.41) is 4.91. The Kier molecular flexibility index (Phi) is 5.19. The minimum absolute atomic E-state index is 0.0488. The lowest BCUT2D eigenvalue weighted by atomic mass is 10.0. The Labute approximate surface area is 137 Å². The van der Waals surface area contributed by atoms with Crippen LogP contribution in [0.5, 0.6) is 0 Å². The van der Waals surface area contributed by atoms with E-state index in [-0.39, 0.29) is 5.78 Å². The van der Waals surface area contributed by atoms with E-state index in [0.717, 1.165) is 12.1 Å². The number of hydrogen-bond acceptors (Lipinski definition) is 3. The minimum Gasteiger partial charge on any atom is -0.308 e. The predicted molar refractivity (Wildman–Crippen MR) is 88.1 cm³/mol. The van der Waals surface area contributed by atoms with Crippen molar-refractivity contribution in [2.24, 2.45) is 0 Å². The lowest BCUT2D eigenvalue weighted by Gasteiger charge is -2.12. The van der Waals surface area contributed by atoms with Gasteiger partial charge in [0.05, 0.1) is 17.2 Å². The van der Waals surface area contributed by atoms with Gasteiger partial charge < -0.3 is 4.90 Å². The summed E-state index contributed by atoms with van der Waals surface area (Å²) in [5.41, 5.74) is 2.08. The lowest BCUT2D eigenvalue weighted by molar-refractivity contribution is 0.102. The number of carbonyl (C=O) groups is 1. The molecule has 0 aliphatic carbocycles. The predicted octanol–water partition coefficient (Wildman–Crippen LogP) is 3.40. The molecule has 0 bridgehead atoms. The summed E-state index contributed by atoms with van der Waals surface area (Å²) in [6, 6.07) is 5.29. The Morgan fingerprint density at radius 3 is 2.76 bits per heavy atom. The summed E-state index contributed by atoms with van der Waals surface area (Å²) in [6.07, 6.45) is 1.66. The maximum Gasteiger partial charge on any atom is 0.212 e. The Morgan fingerprint density at radius 2 is 2.14 bits per heavy atom. The summed E-state index contributed by atoms with van der Waals surface area (Å²) in [6.45, 7) is 3.36. The molecule has 1 heterocycles. The highest BCUT2D eigenvalue weighted by Gasteiger charge is 2.20. The van der Waals surface area contributed by atoms with E-state index in [1.54, 1.807) is 29.1 Å². The highest BCUT2D eigenvalue weighted by Crippen LogP contribution is 2.23. The molecule has 112 valence electrons. The van der Waals surface area contributed by atoms with Crippen LogP contribution in [-0.4, -0.2) is 41.1 Å². The van der Waals surface area contributed by atoms with Crippen molar-refractivity contribution in [3.8, 4) is 0 Å². The fraction of sp³-hybridized carbons (Fsp3) is 0.333. The SMILES string of the molecule is Cc1cc(Cl)ccc1C(=O)c1c(Br)cnn1CCN(C)C. The smallest absolute Gasteiger partial charge is 0.212 e. The van der Waals surface area contributed by atoms with Crippen molar-refractivity contribution in [3.63, 3.8) is 0 Å². The molecule has 0 saturated carbocycles. The van der Waals surface area contributed by atoms with E-state index in [2.05, 4.69) is 25.9 Å². The van der Waals surface area contributed by atoms with E-state index in [0.29, 0.717) is 27.3 Å². The van der Waals surface area contributed by atoms with Gasteiger partial charge in [0.2, 0.25) is 5.78 Å². The number of rotatable bonds is 5. The number of aromatic nitrogens is 2. The van der Waals surface area contributed by atoms with Gasteiger partial charge in [-0.2, -0.15) is 5.10 Å². The van der Waals surface area contributed by atoms with Crippen LogP contribution in [0.15, 0.2) is 28.9 Å². The maximum absolute atomic E-state index is 12.8. The molecule has 0 unspecified atom stereocenters. The second-order valence-corrected chi connectivity index (χ2v) is 6.45. The van der Waals surface area contributed by atoms with Gasteiger partial charge in [-0.3, -0.25) is 9.48 Å².